The van der Waals surface area contributed by atoms with Gasteiger partial charge in [0.2, 0.25) is 0 Å². The van der Waals surface area contributed by atoms with E-state index in [2.05, 4.69) is 4.98 Å². The first-order chi connectivity index (χ1) is 15.4. The number of aliphatic hydroxyl groups is 1. The molecule has 0 atom stereocenters. The Balaban J connectivity index is 1.92. The van der Waals surface area contributed by atoms with E-state index >= 15 is 0 Å². The van der Waals surface area contributed by atoms with Crippen molar-refractivity contribution in [2.24, 2.45) is 0 Å². The number of ketones is 1. The van der Waals surface area contributed by atoms with Gasteiger partial charge in [0, 0.05) is 30.6 Å². The Morgan fingerprint density at radius 1 is 1.22 bits per heavy atom. The topological polar surface area (TPSA) is 128 Å². The van der Waals surface area contributed by atoms with Crippen molar-refractivity contribution in [2.45, 2.75) is 13.0 Å². The van der Waals surface area contributed by atoms with Crippen LogP contribution < -0.4 is 10.3 Å². The van der Waals surface area contributed by atoms with Crippen molar-refractivity contribution in [1.29, 1.82) is 0 Å². The number of nitrogens with zero attached hydrogens (tertiary/aromatic N) is 4. The standard InChI is InChI=1S/C22H22N4O6/c1-24(8-9-27)6-3-7-25-20-18(21(28)17-11-14(32-2)12-23-19(17)20)15-5-4-13(26(30)31)10-16(15)22(25)29/h4-5,10-12,27H,3,6-9H2,1-2H3. The summed E-state index contributed by atoms with van der Waals surface area (Å²) in [5.41, 5.74) is 0.831. The second-order valence-electron chi connectivity index (χ2n) is 7.65. The van der Waals surface area contributed by atoms with Crippen LogP contribution in [0, 0.1) is 10.1 Å². The fourth-order valence-corrected chi connectivity index (χ4v) is 4.07. The van der Waals surface area contributed by atoms with E-state index in [1.54, 1.807) is 6.07 Å². The maximum atomic E-state index is 13.4. The average molecular weight is 438 g/mol. The number of hydrogen-bond acceptors (Lipinski definition) is 8. The monoisotopic (exact) mass is 438 g/mol. The minimum atomic E-state index is -0.566. The van der Waals surface area contributed by atoms with E-state index in [4.69, 9.17) is 9.84 Å². The first kappa shape index (κ1) is 21.6. The molecule has 2 aromatic heterocycles. The summed E-state index contributed by atoms with van der Waals surface area (Å²) in [6.45, 7) is 1.43. The first-order valence-electron chi connectivity index (χ1n) is 10.1. The van der Waals surface area contributed by atoms with Crippen LogP contribution in [0.15, 0.2) is 35.3 Å². The molecule has 2 heterocycles. The number of non-ortho nitro benzene ring substituents is 1. The first-order valence-corrected chi connectivity index (χ1v) is 10.1. The van der Waals surface area contributed by atoms with Gasteiger partial charge in [0.1, 0.15) is 5.75 Å². The largest absolute Gasteiger partial charge is 0.495 e. The van der Waals surface area contributed by atoms with Gasteiger partial charge in [0.15, 0.2) is 5.78 Å². The maximum absolute atomic E-state index is 13.4. The number of carbonyl (C=O) groups is 1. The number of rotatable bonds is 8. The highest BCUT2D eigenvalue weighted by molar-refractivity contribution is 6.26. The molecule has 1 aliphatic rings. The summed E-state index contributed by atoms with van der Waals surface area (Å²) in [6, 6.07) is 5.55. The van der Waals surface area contributed by atoms with Crippen LogP contribution in [0.2, 0.25) is 0 Å². The van der Waals surface area contributed by atoms with Crippen molar-refractivity contribution < 1.29 is 19.6 Å². The van der Waals surface area contributed by atoms with E-state index in [9.17, 15) is 19.7 Å². The Hall–Kier alpha value is -3.63. The minimum absolute atomic E-state index is 0.0269. The highest BCUT2D eigenvalue weighted by Gasteiger charge is 2.34. The van der Waals surface area contributed by atoms with E-state index < -0.39 is 10.5 Å². The van der Waals surface area contributed by atoms with Crippen LogP contribution in [-0.2, 0) is 6.54 Å². The molecule has 4 rings (SSSR count). The molecule has 0 radical (unpaired) electrons. The van der Waals surface area contributed by atoms with Gasteiger partial charge < -0.3 is 19.3 Å². The number of pyridine rings is 2. The summed E-state index contributed by atoms with van der Waals surface area (Å²) in [5.74, 6) is 0.121. The molecule has 1 N–H and O–H groups in total. The number of aliphatic hydroxyl groups excluding tert-OH is 1. The molecular weight excluding hydrogens is 416 g/mol. The number of benzene rings is 1. The summed E-state index contributed by atoms with van der Waals surface area (Å²) < 4.78 is 6.68. The number of nitro groups is 1. The molecular formula is C22H22N4O6. The van der Waals surface area contributed by atoms with Crippen LogP contribution in [-0.4, -0.2) is 64.1 Å². The Bertz CT molecular complexity index is 1300. The molecule has 0 bridgehead atoms. The van der Waals surface area contributed by atoms with E-state index in [0.717, 1.165) is 0 Å². The van der Waals surface area contributed by atoms with Crippen molar-refractivity contribution in [3.63, 3.8) is 0 Å². The highest BCUT2D eigenvalue weighted by atomic mass is 16.6. The van der Waals surface area contributed by atoms with Gasteiger partial charge in [-0.2, -0.15) is 0 Å². The van der Waals surface area contributed by atoms with Crippen LogP contribution in [0.1, 0.15) is 22.3 Å². The van der Waals surface area contributed by atoms with Crippen LogP contribution in [0.5, 0.6) is 5.75 Å². The molecule has 1 aromatic carbocycles. The Morgan fingerprint density at radius 3 is 2.69 bits per heavy atom. The molecule has 0 saturated carbocycles. The molecule has 1 aliphatic carbocycles. The Labute approximate surface area is 182 Å². The molecule has 0 spiro atoms. The summed E-state index contributed by atoms with van der Waals surface area (Å²) >= 11 is 0. The van der Waals surface area contributed by atoms with Crippen molar-refractivity contribution in [3.05, 3.63) is 62.1 Å². The SMILES string of the molecule is COc1cnc2c(c1)C(=O)c1c-2n(CCCN(C)CCO)c(=O)c2cc([N+](=O)[O-])ccc12. The van der Waals surface area contributed by atoms with Gasteiger partial charge >= 0.3 is 0 Å². The van der Waals surface area contributed by atoms with Gasteiger partial charge in [-0.1, -0.05) is 0 Å². The molecule has 0 fully saturated rings. The number of hydrogen-bond donors (Lipinski definition) is 1. The van der Waals surface area contributed by atoms with Gasteiger partial charge in [-0.25, -0.2) is 0 Å². The summed E-state index contributed by atoms with van der Waals surface area (Å²) in [5, 5.41) is 20.8. The summed E-state index contributed by atoms with van der Waals surface area (Å²) in [6.07, 6.45) is 2.06. The van der Waals surface area contributed by atoms with Crippen LogP contribution >= 0.6 is 0 Å². The normalized spacial score (nSPS) is 12.3. The van der Waals surface area contributed by atoms with Crippen molar-refractivity contribution in [1.82, 2.24) is 14.5 Å². The smallest absolute Gasteiger partial charge is 0.270 e. The van der Waals surface area contributed by atoms with E-state index in [1.165, 1.54) is 36.1 Å². The van der Waals surface area contributed by atoms with Crippen molar-refractivity contribution >= 4 is 22.2 Å². The zero-order chi connectivity index (χ0) is 23.0. The van der Waals surface area contributed by atoms with Crippen molar-refractivity contribution in [2.75, 3.05) is 33.9 Å². The second kappa shape index (κ2) is 8.48. The lowest BCUT2D eigenvalue weighted by Gasteiger charge is -2.18. The Kier molecular flexibility index (Phi) is 5.72. The minimum Gasteiger partial charge on any atom is -0.495 e. The number of carbonyl (C=O) groups excluding carboxylic acids is 1. The highest BCUT2D eigenvalue weighted by Crippen LogP contribution is 2.39. The zero-order valence-electron chi connectivity index (χ0n) is 17.7. The summed E-state index contributed by atoms with van der Waals surface area (Å²) in [7, 11) is 3.34. The van der Waals surface area contributed by atoms with Gasteiger partial charge in [0.05, 0.1) is 52.7 Å². The molecule has 3 aromatic rings. The fourth-order valence-electron chi connectivity index (χ4n) is 4.07. The summed E-state index contributed by atoms with van der Waals surface area (Å²) in [4.78, 5) is 43.8. The number of methoxy groups -OCH3 is 1. The molecule has 0 saturated heterocycles. The molecule has 0 amide bonds. The number of ether oxygens (including phenoxy) is 1. The number of fused-ring (bicyclic) bond motifs is 5. The number of nitro benzene ring substituents is 1. The third-order valence-electron chi connectivity index (χ3n) is 5.66. The van der Waals surface area contributed by atoms with E-state index in [-0.39, 0.29) is 30.0 Å². The molecule has 0 unspecified atom stereocenters. The van der Waals surface area contributed by atoms with Gasteiger partial charge in [-0.05, 0) is 32.1 Å². The molecule has 10 nitrogen and oxygen atoms in total. The predicted molar refractivity (Wildman–Crippen MR) is 117 cm³/mol. The van der Waals surface area contributed by atoms with E-state index in [0.29, 0.717) is 53.2 Å². The maximum Gasteiger partial charge on any atom is 0.270 e. The zero-order valence-corrected chi connectivity index (χ0v) is 17.7. The fraction of sp³-hybridized carbons (Fsp3) is 0.318. The molecule has 0 aliphatic heterocycles. The molecule has 10 heteroatoms. The lowest BCUT2D eigenvalue weighted by Crippen LogP contribution is -2.28. The van der Waals surface area contributed by atoms with Crippen LogP contribution in [0.4, 0.5) is 5.69 Å². The third kappa shape index (κ3) is 3.53. The van der Waals surface area contributed by atoms with Gasteiger partial charge in [-0.15, -0.1) is 0 Å². The Morgan fingerprint density at radius 2 is 2.00 bits per heavy atom. The average Bonchev–Trinajstić information content (AvgIpc) is 3.07. The predicted octanol–water partition coefficient (Wildman–Crippen LogP) is 1.84. The van der Waals surface area contributed by atoms with Gasteiger partial charge in [-0.3, -0.25) is 24.7 Å². The molecule has 32 heavy (non-hydrogen) atoms. The lowest BCUT2D eigenvalue weighted by molar-refractivity contribution is -0.384. The van der Waals surface area contributed by atoms with Crippen LogP contribution in [0.25, 0.3) is 22.2 Å². The van der Waals surface area contributed by atoms with Crippen molar-refractivity contribution in [3.8, 4) is 17.1 Å². The van der Waals surface area contributed by atoms with E-state index in [1.807, 2.05) is 11.9 Å². The van der Waals surface area contributed by atoms with Gasteiger partial charge in [0.25, 0.3) is 11.2 Å². The quantitative estimate of drug-likeness (QED) is 0.326. The second-order valence-corrected chi connectivity index (χ2v) is 7.65. The lowest BCUT2D eigenvalue weighted by atomic mass is 10.0. The number of likely N-dealkylation sites (N-methyl/N-ethyl adjacent to an activating group) is 1. The van der Waals surface area contributed by atoms with Crippen LogP contribution in [0.3, 0.4) is 0 Å². The number of aromatic nitrogens is 2. The molecule has 166 valence electrons. The third-order valence-corrected chi connectivity index (χ3v) is 5.66.